The van der Waals surface area contributed by atoms with Crippen LogP contribution in [-0.2, 0) is 9.09 Å². The summed E-state index contributed by atoms with van der Waals surface area (Å²) in [6.07, 6.45) is 2.05. The molecule has 0 N–H and O–H groups in total. The third-order valence-electron chi connectivity index (χ3n) is 3.22. The van der Waals surface area contributed by atoms with Gasteiger partial charge in [0.25, 0.3) is 0 Å². The Morgan fingerprint density at radius 3 is 1.83 bits per heavy atom. The molecule has 0 aliphatic heterocycles. The molecule has 0 heterocycles. The maximum atomic E-state index is 13.0. The fraction of sp³-hybridized carbons (Fsp3) is 0.333. The standard InChI is InChI=1S/C18H23O4P/c1-3-10-16(2)15-20-23(19,21-17-11-6-4-7-12-17)22-18-13-8-5-9-14-18/h4-9,11-14,16H,3,10,15H2,1-2H3. The van der Waals surface area contributed by atoms with E-state index in [1.54, 1.807) is 24.3 Å². The highest BCUT2D eigenvalue weighted by atomic mass is 31.2. The molecule has 23 heavy (non-hydrogen) atoms. The molecule has 0 aromatic heterocycles. The summed E-state index contributed by atoms with van der Waals surface area (Å²) < 4.78 is 29.6. The molecule has 0 spiro atoms. The van der Waals surface area contributed by atoms with Gasteiger partial charge in [0, 0.05) is 0 Å². The Hall–Kier alpha value is -1.77. The van der Waals surface area contributed by atoms with Crippen LogP contribution in [0.2, 0.25) is 0 Å². The zero-order chi connectivity index (χ0) is 16.5. The topological polar surface area (TPSA) is 44.8 Å². The molecular weight excluding hydrogens is 311 g/mol. The Labute approximate surface area is 138 Å². The van der Waals surface area contributed by atoms with E-state index in [0.29, 0.717) is 18.1 Å². The molecule has 0 aliphatic carbocycles. The molecule has 0 aliphatic rings. The van der Waals surface area contributed by atoms with Gasteiger partial charge in [-0.15, -0.1) is 0 Å². The van der Waals surface area contributed by atoms with E-state index in [1.165, 1.54) is 0 Å². The van der Waals surface area contributed by atoms with E-state index in [9.17, 15) is 4.57 Å². The van der Waals surface area contributed by atoms with Gasteiger partial charge in [0.2, 0.25) is 0 Å². The molecule has 124 valence electrons. The van der Waals surface area contributed by atoms with Crippen molar-refractivity contribution in [3.63, 3.8) is 0 Å². The van der Waals surface area contributed by atoms with Crippen molar-refractivity contribution >= 4 is 7.82 Å². The van der Waals surface area contributed by atoms with Crippen molar-refractivity contribution in [2.45, 2.75) is 26.7 Å². The quantitative estimate of drug-likeness (QED) is 0.551. The van der Waals surface area contributed by atoms with Crippen LogP contribution in [0.3, 0.4) is 0 Å². The Balaban J connectivity index is 2.11. The lowest BCUT2D eigenvalue weighted by Gasteiger charge is -2.20. The summed E-state index contributed by atoms with van der Waals surface area (Å²) in [6, 6.07) is 17.8. The van der Waals surface area contributed by atoms with Gasteiger partial charge >= 0.3 is 7.82 Å². The summed E-state index contributed by atoms with van der Waals surface area (Å²) in [6.45, 7) is 4.49. The van der Waals surface area contributed by atoms with E-state index < -0.39 is 7.82 Å². The Bertz CT molecular complexity index is 570. The minimum absolute atomic E-state index is 0.284. The number of hydrogen-bond acceptors (Lipinski definition) is 4. The van der Waals surface area contributed by atoms with E-state index in [2.05, 4.69) is 13.8 Å². The number of benzene rings is 2. The molecule has 0 amide bonds. The molecule has 2 rings (SSSR count). The van der Waals surface area contributed by atoms with Gasteiger partial charge < -0.3 is 9.05 Å². The Kier molecular flexibility index (Phi) is 6.69. The first kappa shape index (κ1) is 17.6. The summed E-state index contributed by atoms with van der Waals surface area (Å²) in [5, 5.41) is 0. The molecule has 0 fully saturated rings. The second kappa shape index (κ2) is 8.76. The Morgan fingerprint density at radius 1 is 0.913 bits per heavy atom. The highest BCUT2D eigenvalue weighted by molar-refractivity contribution is 7.49. The van der Waals surface area contributed by atoms with Gasteiger partial charge in [-0.1, -0.05) is 56.7 Å². The lowest BCUT2D eigenvalue weighted by atomic mass is 10.1. The summed E-state index contributed by atoms with van der Waals surface area (Å²) in [7, 11) is -3.74. The fourth-order valence-corrected chi connectivity index (χ4v) is 3.43. The SMILES string of the molecule is CCCC(C)COP(=O)(Oc1ccccc1)Oc1ccccc1. The molecule has 5 heteroatoms. The highest BCUT2D eigenvalue weighted by Gasteiger charge is 2.31. The number of hydrogen-bond donors (Lipinski definition) is 0. The second-order valence-electron chi connectivity index (χ2n) is 5.45. The van der Waals surface area contributed by atoms with Crippen LogP contribution in [0.5, 0.6) is 11.5 Å². The minimum atomic E-state index is -3.74. The van der Waals surface area contributed by atoms with E-state index in [0.717, 1.165) is 12.8 Å². The van der Waals surface area contributed by atoms with Crippen molar-refractivity contribution in [1.82, 2.24) is 0 Å². The van der Waals surface area contributed by atoms with Crippen LogP contribution in [0.4, 0.5) is 0 Å². The van der Waals surface area contributed by atoms with E-state index in [1.807, 2.05) is 36.4 Å². The van der Waals surface area contributed by atoms with E-state index in [-0.39, 0.29) is 5.92 Å². The van der Waals surface area contributed by atoms with Crippen LogP contribution in [0, 0.1) is 5.92 Å². The van der Waals surface area contributed by atoms with Crippen molar-refractivity contribution < 1.29 is 18.1 Å². The third kappa shape index (κ3) is 6.09. The normalized spacial score (nSPS) is 12.6. The van der Waals surface area contributed by atoms with Gasteiger partial charge in [-0.2, -0.15) is 0 Å². The monoisotopic (exact) mass is 334 g/mol. The highest BCUT2D eigenvalue weighted by Crippen LogP contribution is 2.49. The van der Waals surface area contributed by atoms with Crippen LogP contribution < -0.4 is 9.05 Å². The zero-order valence-electron chi connectivity index (χ0n) is 13.6. The van der Waals surface area contributed by atoms with Crippen LogP contribution in [0.15, 0.2) is 60.7 Å². The van der Waals surface area contributed by atoms with Gasteiger partial charge in [0.05, 0.1) is 6.61 Å². The van der Waals surface area contributed by atoms with Gasteiger partial charge in [0.1, 0.15) is 11.5 Å². The van der Waals surface area contributed by atoms with Crippen molar-refractivity contribution in [1.29, 1.82) is 0 Å². The Morgan fingerprint density at radius 2 is 1.39 bits per heavy atom. The van der Waals surface area contributed by atoms with Gasteiger partial charge in [-0.3, -0.25) is 4.52 Å². The zero-order valence-corrected chi connectivity index (χ0v) is 14.4. The second-order valence-corrected chi connectivity index (χ2v) is 6.96. The number of phosphoric acid groups is 1. The molecule has 4 nitrogen and oxygen atoms in total. The van der Waals surface area contributed by atoms with Crippen LogP contribution in [0.25, 0.3) is 0 Å². The smallest absolute Gasteiger partial charge is 0.395 e. The molecular formula is C18H23O4P. The summed E-state index contributed by atoms with van der Waals surface area (Å²) >= 11 is 0. The average molecular weight is 334 g/mol. The van der Waals surface area contributed by atoms with Crippen molar-refractivity contribution in [2.24, 2.45) is 5.92 Å². The largest absolute Gasteiger partial charge is 0.587 e. The van der Waals surface area contributed by atoms with E-state index in [4.69, 9.17) is 13.6 Å². The molecule has 2 aromatic rings. The number of rotatable bonds is 9. The minimum Gasteiger partial charge on any atom is -0.395 e. The summed E-state index contributed by atoms with van der Waals surface area (Å²) in [5.74, 6) is 1.19. The molecule has 1 unspecified atom stereocenters. The average Bonchev–Trinajstić information content (AvgIpc) is 2.55. The van der Waals surface area contributed by atoms with Gasteiger partial charge in [-0.05, 0) is 36.6 Å². The molecule has 0 bridgehead atoms. The van der Waals surface area contributed by atoms with Crippen LogP contribution in [0.1, 0.15) is 26.7 Å². The number of para-hydroxylation sites is 2. The number of phosphoric ester groups is 1. The maximum Gasteiger partial charge on any atom is 0.587 e. The lowest BCUT2D eigenvalue weighted by molar-refractivity contribution is 0.179. The fourth-order valence-electron chi connectivity index (χ4n) is 2.09. The van der Waals surface area contributed by atoms with Crippen molar-refractivity contribution in [3.05, 3.63) is 60.7 Å². The summed E-state index contributed by atoms with van der Waals surface area (Å²) in [5.41, 5.74) is 0. The van der Waals surface area contributed by atoms with Crippen molar-refractivity contribution in [2.75, 3.05) is 6.61 Å². The predicted molar refractivity (Wildman–Crippen MR) is 91.8 cm³/mol. The molecule has 2 aromatic carbocycles. The molecule has 0 radical (unpaired) electrons. The maximum absolute atomic E-state index is 13.0. The molecule has 1 atom stereocenters. The van der Waals surface area contributed by atoms with Crippen LogP contribution >= 0.6 is 7.82 Å². The lowest BCUT2D eigenvalue weighted by Crippen LogP contribution is -2.10. The van der Waals surface area contributed by atoms with Gasteiger partial charge in [-0.25, -0.2) is 4.57 Å². The molecule has 0 saturated heterocycles. The third-order valence-corrected chi connectivity index (χ3v) is 4.55. The first-order chi connectivity index (χ1) is 11.1. The van der Waals surface area contributed by atoms with Gasteiger partial charge in [0.15, 0.2) is 0 Å². The van der Waals surface area contributed by atoms with E-state index >= 15 is 0 Å². The first-order valence-electron chi connectivity index (χ1n) is 7.85. The van der Waals surface area contributed by atoms with Crippen LogP contribution in [-0.4, -0.2) is 6.61 Å². The first-order valence-corrected chi connectivity index (χ1v) is 9.31. The molecule has 0 saturated carbocycles. The van der Waals surface area contributed by atoms with Crippen molar-refractivity contribution in [3.8, 4) is 11.5 Å². The predicted octanol–water partition coefficient (Wildman–Crippen LogP) is 5.71. The summed E-state index contributed by atoms with van der Waals surface area (Å²) in [4.78, 5) is 0.